The van der Waals surface area contributed by atoms with Crippen LogP contribution in [0.1, 0.15) is 0 Å². The van der Waals surface area contributed by atoms with Crippen molar-refractivity contribution in [3.05, 3.63) is 63.4 Å². The Bertz CT molecular complexity index is 1060. The molecule has 0 saturated carbocycles. The van der Waals surface area contributed by atoms with Crippen molar-refractivity contribution in [1.29, 1.82) is 0 Å². The molecule has 0 radical (unpaired) electrons. The van der Waals surface area contributed by atoms with Crippen molar-refractivity contribution in [2.75, 3.05) is 5.32 Å². The van der Waals surface area contributed by atoms with Crippen molar-refractivity contribution in [3.8, 4) is 0 Å². The lowest BCUT2D eigenvalue weighted by molar-refractivity contribution is 0.919. The van der Waals surface area contributed by atoms with Gasteiger partial charge in [-0.2, -0.15) is 4.52 Å². The second-order valence-corrected chi connectivity index (χ2v) is 6.54. The first kappa shape index (κ1) is 13.4. The molecule has 5 nitrogen and oxygen atoms in total. The quantitative estimate of drug-likeness (QED) is 0.581. The summed E-state index contributed by atoms with van der Waals surface area (Å²) in [6, 6.07) is 15.0. The van der Waals surface area contributed by atoms with Crippen molar-refractivity contribution >= 4 is 53.9 Å². The summed E-state index contributed by atoms with van der Waals surface area (Å²) in [5.74, 6) is 0. The van der Waals surface area contributed by atoms with E-state index in [1.807, 2.05) is 42.5 Å². The molecule has 0 atom stereocenters. The minimum absolute atomic E-state index is 0.154. The van der Waals surface area contributed by atoms with Gasteiger partial charge in [0.15, 0.2) is 0 Å². The lowest BCUT2D eigenvalue weighted by atomic mass is 10.2. The monoisotopic (exact) mass is 372 g/mol. The van der Waals surface area contributed by atoms with Crippen LogP contribution in [-0.2, 0) is 0 Å². The average Bonchev–Trinajstić information content (AvgIpc) is 2.90. The molecule has 0 fully saturated rings. The standard InChI is InChI=1S/C15H9BrN4OS/c16-9-4-3-5-10(8-9)17-14-19-20-13(21)11-6-1-2-7-12(11)18-15(20)22-14/h1-8H,(H,17,19). The summed E-state index contributed by atoms with van der Waals surface area (Å²) < 4.78 is 2.31. The van der Waals surface area contributed by atoms with Crippen LogP contribution in [-0.4, -0.2) is 14.6 Å². The maximum absolute atomic E-state index is 12.4. The highest BCUT2D eigenvalue weighted by Gasteiger charge is 2.10. The van der Waals surface area contributed by atoms with Crippen LogP contribution in [0.4, 0.5) is 10.8 Å². The van der Waals surface area contributed by atoms with Crippen LogP contribution in [0.5, 0.6) is 0 Å². The van der Waals surface area contributed by atoms with E-state index in [0.29, 0.717) is 21.0 Å². The molecule has 0 saturated heterocycles. The van der Waals surface area contributed by atoms with Crippen molar-refractivity contribution in [2.24, 2.45) is 0 Å². The summed E-state index contributed by atoms with van der Waals surface area (Å²) in [5.41, 5.74) is 1.43. The molecule has 0 spiro atoms. The first-order valence-electron chi connectivity index (χ1n) is 6.52. The Morgan fingerprint density at radius 3 is 2.86 bits per heavy atom. The van der Waals surface area contributed by atoms with Crippen LogP contribution < -0.4 is 10.9 Å². The molecule has 1 N–H and O–H groups in total. The Balaban J connectivity index is 1.85. The Kier molecular flexibility index (Phi) is 3.16. The van der Waals surface area contributed by atoms with Crippen molar-refractivity contribution in [1.82, 2.24) is 14.6 Å². The van der Waals surface area contributed by atoms with Gasteiger partial charge in [-0.25, -0.2) is 4.98 Å². The number of fused-ring (bicyclic) bond motifs is 2. The largest absolute Gasteiger partial charge is 0.330 e. The molecular weight excluding hydrogens is 364 g/mol. The summed E-state index contributed by atoms with van der Waals surface area (Å²) in [6.07, 6.45) is 0. The third-order valence-electron chi connectivity index (χ3n) is 3.18. The van der Waals surface area contributed by atoms with Gasteiger partial charge >= 0.3 is 0 Å². The maximum Gasteiger partial charge on any atom is 0.283 e. The fraction of sp³-hybridized carbons (Fsp3) is 0. The number of anilines is 2. The second-order valence-electron chi connectivity index (χ2n) is 4.67. The number of halogens is 1. The molecule has 2 aromatic heterocycles. The summed E-state index contributed by atoms with van der Waals surface area (Å²) in [7, 11) is 0. The third kappa shape index (κ3) is 2.28. The Morgan fingerprint density at radius 2 is 2.00 bits per heavy atom. The van der Waals surface area contributed by atoms with Crippen molar-refractivity contribution < 1.29 is 0 Å². The van der Waals surface area contributed by atoms with E-state index in [2.05, 4.69) is 31.3 Å². The summed E-state index contributed by atoms with van der Waals surface area (Å²) >= 11 is 4.77. The molecule has 0 unspecified atom stereocenters. The van der Waals surface area contributed by atoms with Crippen molar-refractivity contribution in [3.63, 3.8) is 0 Å². The normalized spacial score (nSPS) is 11.1. The predicted molar refractivity (Wildman–Crippen MR) is 92.1 cm³/mol. The molecular formula is C15H9BrN4OS. The van der Waals surface area contributed by atoms with E-state index in [1.165, 1.54) is 15.9 Å². The van der Waals surface area contributed by atoms with Gasteiger partial charge in [0, 0.05) is 10.2 Å². The number of para-hydroxylation sites is 1. The number of hydrogen-bond acceptors (Lipinski definition) is 5. The zero-order valence-electron chi connectivity index (χ0n) is 11.2. The molecule has 0 amide bonds. The van der Waals surface area contributed by atoms with Gasteiger partial charge in [-0.05, 0) is 30.3 Å². The molecule has 2 aromatic carbocycles. The van der Waals surface area contributed by atoms with E-state index in [9.17, 15) is 4.79 Å². The van der Waals surface area contributed by atoms with Crippen LogP contribution >= 0.6 is 27.3 Å². The molecule has 4 rings (SSSR count). The van der Waals surface area contributed by atoms with Crippen LogP contribution in [0, 0.1) is 0 Å². The van der Waals surface area contributed by atoms with Crippen molar-refractivity contribution in [2.45, 2.75) is 0 Å². The Morgan fingerprint density at radius 1 is 1.14 bits per heavy atom. The Hall–Kier alpha value is -2.25. The number of hydrogen-bond donors (Lipinski definition) is 1. The molecule has 0 aliphatic rings. The van der Waals surface area contributed by atoms with E-state index < -0.39 is 0 Å². The van der Waals surface area contributed by atoms with Crippen LogP contribution in [0.3, 0.4) is 0 Å². The maximum atomic E-state index is 12.4. The molecule has 22 heavy (non-hydrogen) atoms. The van der Waals surface area contributed by atoms with E-state index >= 15 is 0 Å². The third-order valence-corrected chi connectivity index (χ3v) is 4.50. The molecule has 108 valence electrons. The van der Waals surface area contributed by atoms with Gasteiger partial charge in [-0.15, -0.1) is 5.10 Å². The van der Waals surface area contributed by atoms with E-state index in [-0.39, 0.29) is 5.56 Å². The zero-order chi connectivity index (χ0) is 15.1. The van der Waals surface area contributed by atoms with Gasteiger partial charge in [-0.1, -0.05) is 45.5 Å². The average molecular weight is 373 g/mol. The highest BCUT2D eigenvalue weighted by molar-refractivity contribution is 9.10. The summed E-state index contributed by atoms with van der Waals surface area (Å²) in [6.45, 7) is 0. The molecule has 0 aliphatic carbocycles. The van der Waals surface area contributed by atoms with Crippen LogP contribution in [0.2, 0.25) is 0 Å². The molecule has 2 heterocycles. The number of nitrogens with one attached hydrogen (secondary N) is 1. The van der Waals surface area contributed by atoms with Gasteiger partial charge in [0.25, 0.3) is 5.56 Å². The topological polar surface area (TPSA) is 59.3 Å². The molecule has 7 heteroatoms. The minimum atomic E-state index is -0.154. The fourth-order valence-corrected chi connectivity index (χ4v) is 3.41. The van der Waals surface area contributed by atoms with Gasteiger partial charge < -0.3 is 5.32 Å². The first-order chi connectivity index (χ1) is 10.7. The number of nitrogens with zero attached hydrogens (tertiary/aromatic N) is 3. The van der Waals surface area contributed by atoms with Gasteiger partial charge in [0.1, 0.15) is 0 Å². The lowest BCUT2D eigenvalue weighted by Gasteiger charge is -2.01. The van der Waals surface area contributed by atoms with Crippen LogP contribution in [0.25, 0.3) is 15.9 Å². The second kappa shape index (κ2) is 5.19. The first-order valence-corrected chi connectivity index (χ1v) is 8.13. The van der Waals surface area contributed by atoms with E-state index in [1.54, 1.807) is 6.07 Å². The minimum Gasteiger partial charge on any atom is -0.330 e. The number of benzene rings is 2. The highest BCUT2D eigenvalue weighted by Crippen LogP contribution is 2.24. The molecule has 0 bridgehead atoms. The smallest absolute Gasteiger partial charge is 0.283 e. The fourth-order valence-electron chi connectivity index (χ4n) is 2.20. The SMILES string of the molecule is O=c1c2ccccc2nc2sc(Nc3cccc(Br)c3)nn12. The summed E-state index contributed by atoms with van der Waals surface area (Å²) in [5, 5.41) is 8.71. The zero-order valence-corrected chi connectivity index (χ0v) is 13.6. The van der Waals surface area contributed by atoms with Gasteiger partial charge in [-0.3, -0.25) is 4.79 Å². The highest BCUT2D eigenvalue weighted by atomic mass is 79.9. The summed E-state index contributed by atoms with van der Waals surface area (Å²) in [4.78, 5) is 17.5. The Labute approximate surface area is 137 Å². The number of aromatic nitrogens is 3. The van der Waals surface area contributed by atoms with Gasteiger partial charge in [0.2, 0.25) is 10.1 Å². The van der Waals surface area contributed by atoms with Crippen LogP contribution in [0.15, 0.2) is 57.8 Å². The lowest BCUT2D eigenvalue weighted by Crippen LogP contribution is -2.15. The predicted octanol–water partition coefficient (Wildman–Crippen LogP) is 3.81. The van der Waals surface area contributed by atoms with E-state index in [0.717, 1.165) is 10.2 Å². The van der Waals surface area contributed by atoms with E-state index in [4.69, 9.17) is 0 Å². The number of rotatable bonds is 2. The molecule has 4 aromatic rings. The molecule has 0 aliphatic heterocycles. The van der Waals surface area contributed by atoms with Gasteiger partial charge in [0.05, 0.1) is 10.9 Å².